The van der Waals surface area contributed by atoms with Crippen LogP contribution < -0.4 is 5.32 Å². The smallest absolute Gasteiger partial charge is 0.269 e. The number of para-hydroxylation sites is 2. The molecule has 0 saturated heterocycles. The Labute approximate surface area is 363 Å². The number of rotatable bonds is 18. The van der Waals surface area contributed by atoms with Crippen molar-refractivity contribution in [3.63, 3.8) is 0 Å². The van der Waals surface area contributed by atoms with Gasteiger partial charge in [-0.1, -0.05) is 91.7 Å². The van der Waals surface area contributed by atoms with Gasteiger partial charge in [-0.15, -0.1) is 0 Å². The number of aliphatic hydroxyl groups is 1. The molecule has 16 nitrogen and oxygen atoms in total. The molecule has 0 saturated carbocycles. The minimum absolute atomic E-state index is 0.0215. The summed E-state index contributed by atoms with van der Waals surface area (Å²) in [6.45, 7) is 0.133. The van der Waals surface area contributed by atoms with Gasteiger partial charge in [0.25, 0.3) is 17.3 Å². The Hall–Kier alpha value is -6.44. The number of fused-ring (bicyclic) bond motifs is 2. The Morgan fingerprint density at radius 3 is 1.73 bits per heavy atom. The lowest BCUT2D eigenvalue weighted by Crippen LogP contribution is -2.52. The fraction of sp³-hybridized carbons (Fsp3) is 0.244. The quantitative estimate of drug-likeness (QED) is 0.0290. The summed E-state index contributed by atoms with van der Waals surface area (Å²) >= 11 is 0. The highest BCUT2D eigenvalue weighted by Gasteiger charge is 2.42. The van der Waals surface area contributed by atoms with Crippen molar-refractivity contribution in [1.82, 2.24) is 18.9 Å². The number of carbonyl (C=O) groups is 1. The molecule has 1 aliphatic carbocycles. The number of nitrogens with one attached hydrogen (secondary N) is 1. The number of non-ortho nitro benzene ring substituents is 2. The van der Waals surface area contributed by atoms with E-state index >= 15 is 0 Å². The van der Waals surface area contributed by atoms with Crippen molar-refractivity contribution in [3.05, 3.63) is 171 Å². The van der Waals surface area contributed by atoms with Crippen molar-refractivity contribution < 1.29 is 36.6 Å². The van der Waals surface area contributed by atoms with Crippen LogP contribution in [0.1, 0.15) is 48.0 Å². The maximum absolute atomic E-state index is 14.5. The van der Waals surface area contributed by atoms with Gasteiger partial charge < -0.3 is 10.4 Å². The van der Waals surface area contributed by atoms with Crippen molar-refractivity contribution in [2.45, 2.75) is 66.6 Å². The summed E-state index contributed by atoms with van der Waals surface area (Å²) in [6, 6.07) is 30.3. The largest absolute Gasteiger partial charge is 0.387 e. The lowest BCUT2D eigenvalue weighted by atomic mass is 9.94. The van der Waals surface area contributed by atoms with Crippen LogP contribution in [0.25, 0.3) is 21.8 Å². The van der Waals surface area contributed by atoms with Gasteiger partial charge in [-0.3, -0.25) is 25.0 Å². The van der Waals surface area contributed by atoms with Gasteiger partial charge in [-0.2, -0.15) is 8.61 Å². The molecule has 1 heterocycles. The van der Waals surface area contributed by atoms with Crippen LogP contribution in [0.15, 0.2) is 149 Å². The van der Waals surface area contributed by atoms with Gasteiger partial charge >= 0.3 is 0 Å². The van der Waals surface area contributed by atoms with Gasteiger partial charge in [-0.25, -0.2) is 21.8 Å². The summed E-state index contributed by atoms with van der Waals surface area (Å²) in [6.07, 6.45) is 3.49. The molecular formula is C45H44N6O10S2. The molecule has 1 aliphatic rings. The molecule has 0 aliphatic heterocycles. The van der Waals surface area contributed by atoms with Gasteiger partial charge in [-0.05, 0) is 61.2 Å². The van der Waals surface area contributed by atoms with Crippen molar-refractivity contribution in [3.8, 4) is 0 Å². The van der Waals surface area contributed by atoms with Gasteiger partial charge in [0, 0.05) is 60.7 Å². The minimum Gasteiger partial charge on any atom is -0.387 e. The molecule has 7 rings (SSSR count). The van der Waals surface area contributed by atoms with Crippen LogP contribution in [0.5, 0.6) is 0 Å². The molecule has 0 fully saturated rings. The normalized spacial score (nSPS) is 16.7. The Balaban J connectivity index is 1.09. The summed E-state index contributed by atoms with van der Waals surface area (Å²) in [5, 5.41) is 38.7. The van der Waals surface area contributed by atoms with Gasteiger partial charge in [0.2, 0.25) is 20.0 Å². The number of sulfonamides is 2. The zero-order valence-corrected chi connectivity index (χ0v) is 35.5. The molecule has 3 atom stereocenters. The molecule has 63 heavy (non-hydrogen) atoms. The van der Waals surface area contributed by atoms with Crippen LogP contribution in [0.3, 0.4) is 0 Å². The number of hydrogen-bond donors (Lipinski definition) is 2. The second kappa shape index (κ2) is 19.3. The Kier molecular flexibility index (Phi) is 13.7. The van der Waals surface area contributed by atoms with E-state index in [1.807, 2.05) is 48.5 Å². The average molecular weight is 893 g/mol. The average Bonchev–Trinajstić information content (AvgIpc) is 3.28. The number of aromatic nitrogens is 1. The van der Waals surface area contributed by atoms with Crippen molar-refractivity contribution in [1.29, 1.82) is 0 Å². The second-order valence-corrected chi connectivity index (χ2v) is 18.9. The van der Waals surface area contributed by atoms with Gasteiger partial charge in [0.15, 0.2) is 0 Å². The third-order valence-electron chi connectivity index (χ3n) is 11.0. The van der Waals surface area contributed by atoms with Crippen LogP contribution in [0.4, 0.5) is 11.4 Å². The number of pyridine rings is 1. The first-order chi connectivity index (χ1) is 30.3. The summed E-state index contributed by atoms with van der Waals surface area (Å²) in [5.74, 6) is -0.233. The van der Waals surface area contributed by atoms with Gasteiger partial charge in [0.05, 0.1) is 48.4 Å². The summed E-state index contributed by atoms with van der Waals surface area (Å²) in [7, 11) is -8.81. The molecule has 1 amide bonds. The molecule has 326 valence electrons. The minimum atomic E-state index is -4.45. The number of hydrogen-bond acceptors (Lipinski definition) is 11. The monoisotopic (exact) mass is 892 g/mol. The van der Waals surface area contributed by atoms with Gasteiger partial charge in [0.1, 0.15) is 0 Å². The van der Waals surface area contributed by atoms with E-state index in [1.54, 1.807) is 30.3 Å². The Morgan fingerprint density at radius 1 is 0.667 bits per heavy atom. The van der Waals surface area contributed by atoms with E-state index in [9.17, 15) is 47.0 Å². The number of nitro groups is 2. The number of unbranched alkanes of at least 4 members (excludes halogenated alkanes) is 3. The number of aliphatic hydroxyl groups excluding tert-OH is 1. The molecule has 0 spiro atoms. The second-order valence-electron chi connectivity index (χ2n) is 15.1. The molecule has 5 aromatic carbocycles. The Morgan fingerprint density at radius 2 is 1.17 bits per heavy atom. The third-order valence-corrected chi connectivity index (χ3v) is 14.9. The highest BCUT2D eigenvalue weighted by molar-refractivity contribution is 7.89. The van der Waals surface area contributed by atoms with Crippen LogP contribution in [-0.2, 0) is 26.6 Å². The molecule has 0 bridgehead atoms. The van der Waals surface area contributed by atoms with E-state index in [4.69, 9.17) is 4.98 Å². The predicted octanol–water partition coefficient (Wildman–Crippen LogP) is 7.13. The predicted molar refractivity (Wildman–Crippen MR) is 237 cm³/mol. The standard InChI is InChI=1S/C45H44N6O10S2/c52-43-27-22-35(30-42(43)49(31-32-12-4-3-5-13-32)63(60,61)37-25-20-34(21-26-37)51(56)57)48(62(58,59)36-23-18-33(19-24-36)50(54)55)29-11-2-1-10-28-46-45(53)44-38-14-6-8-16-40(38)47-41-17-9-7-15-39(41)44/h3-9,12-27,35,42-43,52H,1-2,10-11,28-31H2,(H,46,53)/t35-,42-,43+/m0/s1. The maximum atomic E-state index is 14.5. The number of amides is 1. The number of nitro benzene ring substituents is 2. The fourth-order valence-electron chi connectivity index (χ4n) is 7.82. The van der Waals surface area contributed by atoms with Crippen LogP contribution in [-0.4, -0.2) is 82.6 Å². The molecular weight excluding hydrogens is 849 g/mol. The van der Waals surface area contributed by atoms with E-state index in [-0.39, 0.29) is 46.6 Å². The zero-order valence-electron chi connectivity index (χ0n) is 33.8. The first kappa shape index (κ1) is 44.6. The molecule has 2 N–H and O–H groups in total. The van der Waals surface area contributed by atoms with Crippen molar-refractivity contribution in [2.75, 3.05) is 13.1 Å². The zero-order chi connectivity index (χ0) is 44.7. The lowest BCUT2D eigenvalue weighted by Gasteiger charge is -2.40. The van der Waals surface area contributed by atoms with Crippen LogP contribution >= 0.6 is 0 Å². The van der Waals surface area contributed by atoms with E-state index in [2.05, 4.69) is 5.32 Å². The van der Waals surface area contributed by atoms with Crippen molar-refractivity contribution in [2.24, 2.45) is 0 Å². The van der Waals surface area contributed by atoms with Crippen molar-refractivity contribution >= 4 is 59.1 Å². The molecule has 6 aromatic rings. The maximum Gasteiger partial charge on any atom is 0.269 e. The highest BCUT2D eigenvalue weighted by Crippen LogP contribution is 2.33. The molecule has 1 aromatic heterocycles. The summed E-state index contributed by atoms with van der Waals surface area (Å²) in [5.41, 5.74) is 1.92. The van der Waals surface area contributed by atoms with E-state index in [0.29, 0.717) is 54.4 Å². The topological polar surface area (TPSA) is 223 Å². The summed E-state index contributed by atoms with van der Waals surface area (Å²) in [4.78, 5) is 39.3. The van der Waals surface area contributed by atoms with E-state index in [1.165, 1.54) is 16.5 Å². The van der Waals surface area contributed by atoms with Crippen LogP contribution in [0, 0.1) is 20.2 Å². The SMILES string of the molecule is O=C(NCCCCCCN([C@H]1C=C[C@@H](O)[C@@H](N(Cc2ccccc2)S(=O)(=O)c2ccc([N+](=O)[O-])cc2)C1)S(=O)(=O)c1ccc([N+](=O)[O-])cc1)c1c2ccccc2nc2ccccc12. The number of nitrogens with zero attached hydrogens (tertiary/aromatic N) is 5. The molecule has 0 unspecified atom stereocenters. The first-order valence-electron chi connectivity index (χ1n) is 20.2. The van der Waals surface area contributed by atoms with Crippen LogP contribution in [0.2, 0.25) is 0 Å². The molecule has 0 radical (unpaired) electrons. The first-order valence-corrected chi connectivity index (χ1v) is 23.1. The Bertz CT molecular complexity index is 2830. The fourth-order valence-corrected chi connectivity index (χ4v) is 11.1. The number of benzene rings is 5. The number of carbonyl (C=O) groups excluding carboxylic acids is 1. The third kappa shape index (κ3) is 9.95. The lowest BCUT2D eigenvalue weighted by molar-refractivity contribution is -0.385. The van der Waals surface area contributed by atoms with E-state index < -0.39 is 48.1 Å². The van der Waals surface area contributed by atoms with E-state index in [0.717, 1.165) is 63.6 Å². The highest BCUT2D eigenvalue weighted by atomic mass is 32.2. The summed E-state index contributed by atoms with van der Waals surface area (Å²) < 4.78 is 60.0. The molecule has 18 heteroatoms.